The van der Waals surface area contributed by atoms with Gasteiger partial charge in [-0.2, -0.15) is 0 Å². The molecule has 2 aliphatic rings. The van der Waals surface area contributed by atoms with Crippen molar-refractivity contribution < 1.29 is 0 Å². The van der Waals surface area contributed by atoms with Crippen molar-refractivity contribution in [1.29, 1.82) is 0 Å². The molecule has 0 atom stereocenters. The van der Waals surface area contributed by atoms with E-state index in [1.165, 1.54) is 15.5 Å². The zero-order valence-electron chi connectivity index (χ0n) is 4.29. The molecule has 0 aromatic rings. The quantitative estimate of drug-likeness (QED) is 0.480. The van der Waals surface area contributed by atoms with Crippen molar-refractivity contribution in [2.24, 2.45) is 4.99 Å². The number of nitrogens with zero attached hydrogens (tertiary/aromatic N) is 1. The molecule has 0 N–H and O–H groups in total. The van der Waals surface area contributed by atoms with Crippen LogP contribution in [0, 0.1) is 0 Å². The predicted octanol–water partition coefficient (Wildman–Crippen LogP) is 0.975. The van der Waals surface area contributed by atoms with Crippen molar-refractivity contribution in [2.75, 3.05) is 0 Å². The van der Waals surface area contributed by atoms with Crippen LogP contribution in [0.5, 0.6) is 0 Å². The molecule has 0 saturated carbocycles. The van der Waals surface area contributed by atoms with Crippen molar-refractivity contribution in [2.45, 2.75) is 5.32 Å². The van der Waals surface area contributed by atoms with Gasteiger partial charge in [0.15, 0.2) is 0 Å². The number of aliphatic imine (C=N–C) groups is 1. The van der Waals surface area contributed by atoms with E-state index in [2.05, 4.69) is 17.1 Å². The molecular weight excluding hydrogens is 165 g/mol. The summed E-state index contributed by atoms with van der Waals surface area (Å²) in [6.45, 7) is 0. The van der Waals surface area contributed by atoms with Gasteiger partial charge in [0.2, 0.25) is 0 Å². The van der Waals surface area contributed by atoms with E-state index in [1.54, 1.807) is 0 Å². The first kappa shape index (κ1) is 4.54. The molecule has 0 fully saturated rings. The summed E-state index contributed by atoms with van der Waals surface area (Å²) in [4.78, 5) is 4.16. The van der Waals surface area contributed by atoms with Crippen LogP contribution >= 0.6 is 0 Å². The minimum atomic E-state index is 0.714. The summed E-state index contributed by atoms with van der Waals surface area (Å²) in [6.07, 6.45) is 6.23. The Bertz CT molecular complexity index is 201. The fourth-order valence-electron chi connectivity index (χ4n) is 0.820. The summed E-state index contributed by atoms with van der Waals surface area (Å²) in [5.41, 5.74) is 1.24. The standard InChI is InChI=1S/C6H5NSe/c1-3-7-5-2-4-8-6(1)5/h1-3H,4H2. The Balaban J connectivity index is 2.49. The van der Waals surface area contributed by atoms with Crippen LogP contribution in [0.25, 0.3) is 0 Å². The summed E-state index contributed by atoms with van der Waals surface area (Å²) >= 11 is 0.714. The van der Waals surface area contributed by atoms with Gasteiger partial charge in [-0.15, -0.1) is 0 Å². The van der Waals surface area contributed by atoms with Crippen molar-refractivity contribution in [1.82, 2.24) is 0 Å². The predicted molar refractivity (Wildman–Crippen MR) is 35.2 cm³/mol. The second-order valence-electron chi connectivity index (χ2n) is 1.71. The van der Waals surface area contributed by atoms with Gasteiger partial charge >= 0.3 is 53.8 Å². The van der Waals surface area contributed by atoms with Gasteiger partial charge in [0.05, 0.1) is 0 Å². The number of hydrogen-bond donors (Lipinski definition) is 0. The molecule has 8 heavy (non-hydrogen) atoms. The first-order valence-corrected chi connectivity index (χ1v) is 4.61. The third kappa shape index (κ3) is 0.503. The summed E-state index contributed by atoms with van der Waals surface area (Å²) in [7, 11) is 0. The molecule has 2 heteroatoms. The average molecular weight is 170 g/mol. The van der Waals surface area contributed by atoms with Crippen LogP contribution in [-0.2, 0) is 0 Å². The topological polar surface area (TPSA) is 12.4 Å². The van der Waals surface area contributed by atoms with Crippen molar-refractivity contribution in [3.8, 4) is 0 Å². The second-order valence-corrected chi connectivity index (χ2v) is 3.94. The van der Waals surface area contributed by atoms with E-state index in [0.29, 0.717) is 15.0 Å². The molecule has 0 unspecified atom stereocenters. The molecular formula is C6H5NSe. The van der Waals surface area contributed by atoms with Gasteiger partial charge in [0.1, 0.15) is 0 Å². The molecule has 0 bridgehead atoms. The fourth-order valence-corrected chi connectivity index (χ4v) is 2.63. The molecule has 2 rings (SSSR count). The van der Waals surface area contributed by atoms with Crippen molar-refractivity contribution >= 4 is 21.2 Å². The molecule has 0 spiro atoms. The molecule has 0 aromatic carbocycles. The molecule has 0 saturated heterocycles. The van der Waals surface area contributed by atoms with Gasteiger partial charge in [0, 0.05) is 0 Å². The van der Waals surface area contributed by atoms with Gasteiger partial charge in [-0.3, -0.25) is 0 Å². The summed E-state index contributed by atoms with van der Waals surface area (Å²) < 4.78 is 1.48. The van der Waals surface area contributed by atoms with Crippen LogP contribution in [0.3, 0.4) is 0 Å². The SMILES string of the molecule is C1=NC2=CC[Se]C2=C1. The van der Waals surface area contributed by atoms with Gasteiger partial charge in [0.25, 0.3) is 0 Å². The van der Waals surface area contributed by atoms with E-state index in [0.717, 1.165) is 0 Å². The molecule has 2 heterocycles. The number of allylic oxidation sites excluding steroid dienone is 3. The molecule has 1 nitrogen and oxygen atoms in total. The first-order chi connectivity index (χ1) is 3.97. The van der Waals surface area contributed by atoms with Crippen LogP contribution in [0.15, 0.2) is 27.3 Å². The first-order valence-electron chi connectivity index (χ1n) is 2.54. The van der Waals surface area contributed by atoms with Crippen LogP contribution in [-0.4, -0.2) is 21.2 Å². The molecule has 0 aromatic heterocycles. The number of hydrogen-bond acceptors (Lipinski definition) is 1. The van der Waals surface area contributed by atoms with E-state index in [-0.39, 0.29) is 0 Å². The van der Waals surface area contributed by atoms with E-state index >= 15 is 0 Å². The van der Waals surface area contributed by atoms with Gasteiger partial charge in [-0.25, -0.2) is 0 Å². The molecule has 2 aliphatic heterocycles. The molecule has 0 aliphatic carbocycles. The van der Waals surface area contributed by atoms with Crippen LogP contribution in [0.1, 0.15) is 0 Å². The van der Waals surface area contributed by atoms with E-state index in [9.17, 15) is 0 Å². The minimum absolute atomic E-state index is 0.714. The van der Waals surface area contributed by atoms with Crippen LogP contribution in [0.2, 0.25) is 5.32 Å². The third-order valence-corrected chi connectivity index (χ3v) is 3.28. The van der Waals surface area contributed by atoms with Gasteiger partial charge in [-0.1, -0.05) is 0 Å². The summed E-state index contributed by atoms with van der Waals surface area (Å²) in [5, 5.41) is 1.26. The normalized spacial score (nSPS) is 23.0. The fraction of sp³-hybridized carbons (Fsp3) is 0.167. The van der Waals surface area contributed by atoms with Crippen LogP contribution < -0.4 is 0 Å². The Morgan fingerprint density at radius 2 is 2.62 bits per heavy atom. The second kappa shape index (κ2) is 1.57. The Labute approximate surface area is 54.3 Å². The Hall–Kier alpha value is -0.331. The van der Waals surface area contributed by atoms with Crippen LogP contribution in [0.4, 0.5) is 0 Å². The Morgan fingerprint density at radius 1 is 1.62 bits per heavy atom. The maximum absolute atomic E-state index is 4.16. The van der Waals surface area contributed by atoms with Gasteiger partial charge < -0.3 is 0 Å². The number of fused-ring (bicyclic) bond motifs is 1. The Morgan fingerprint density at radius 3 is 3.50 bits per heavy atom. The van der Waals surface area contributed by atoms with E-state index in [4.69, 9.17) is 0 Å². The summed E-state index contributed by atoms with van der Waals surface area (Å²) in [6, 6.07) is 0. The van der Waals surface area contributed by atoms with Crippen molar-refractivity contribution in [3.63, 3.8) is 0 Å². The van der Waals surface area contributed by atoms with E-state index < -0.39 is 0 Å². The van der Waals surface area contributed by atoms with E-state index in [1.807, 2.05) is 6.21 Å². The third-order valence-electron chi connectivity index (χ3n) is 1.21. The number of rotatable bonds is 0. The monoisotopic (exact) mass is 171 g/mol. The molecule has 40 valence electrons. The molecule has 0 amide bonds. The average Bonchev–Trinajstić information content (AvgIpc) is 2.15. The zero-order valence-corrected chi connectivity index (χ0v) is 6.01. The summed E-state index contributed by atoms with van der Waals surface area (Å²) in [5.74, 6) is 0. The molecule has 0 radical (unpaired) electrons. The Kier molecular flexibility index (Phi) is 0.893. The van der Waals surface area contributed by atoms with Gasteiger partial charge in [-0.05, 0) is 0 Å². The van der Waals surface area contributed by atoms with Crippen molar-refractivity contribution in [3.05, 3.63) is 22.3 Å². The zero-order chi connectivity index (χ0) is 5.40. The maximum atomic E-state index is 4.16.